The van der Waals surface area contributed by atoms with Crippen molar-refractivity contribution in [3.8, 4) is 11.8 Å². The number of aryl methyl sites for hydroxylation is 1. The first-order valence-electron chi connectivity index (χ1n) is 9.00. The molecular formula is C24H19IN2O2. The van der Waals surface area contributed by atoms with Crippen molar-refractivity contribution in [1.82, 2.24) is 0 Å². The summed E-state index contributed by atoms with van der Waals surface area (Å²) < 4.78 is 6.91. The topological polar surface area (TPSA) is 62.1 Å². The Kier molecular flexibility index (Phi) is 7.04. The molecule has 144 valence electrons. The maximum absolute atomic E-state index is 12.4. The number of ether oxygens (including phenoxy) is 1. The van der Waals surface area contributed by atoms with Crippen molar-refractivity contribution in [3.63, 3.8) is 0 Å². The fraction of sp³-hybridized carbons (Fsp3) is 0.0833. The smallest absolute Gasteiger partial charge is 0.266 e. The molecule has 3 aromatic carbocycles. The lowest BCUT2D eigenvalue weighted by Crippen LogP contribution is -2.13. The molecule has 3 rings (SSSR count). The molecule has 0 heterocycles. The fourth-order valence-corrected chi connectivity index (χ4v) is 2.95. The number of hydrogen-bond acceptors (Lipinski definition) is 3. The van der Waals surface area contributed by atoms with Gasteiger partial charge in [-0.3, -0.25) is 4.79 Å². The van der Waals surface area contributed by atoms with Gasteiger partial charge in [0.05, 0.1) is 0 Å². The van der Waals surface area contributed by atoms with Gasteiger partial charge in [0.15, 0.2) is 0 Å². The molecule has 0 saturated heterocycles. The van der Waals surface area contributed by atoms with Crippen LogP contribution in [0.5, 0.6) is 5.75 Å². The van der Waals surface area contributed by atoms with Crippen LogP contribution >= 0.6 is 22.6 Å². The molecule has 1 amide bonds. The first-order valence-corrected chi connectivity index (χ1v) is 10.1. The van der Waals surface area contributed by atoms with Crippen LogP contribution < -0.4 is 10.1 Å². The molecule has 0 aliphatic rings. The van der Waals surface area contributed by atoms with Gasteiger partial charge >= 0.3 is 0 Å². The summed E-state index contributed by atoms with van der Waals surface area (Å²) in [6.07, 6.45) is 1.56. The molecule has 0 radical (unpaired) electrons. The van der Waals surface area contributed by atoms with Crippen molar-refractivity contribution in [2.75, 3.05) is 5.32 Å². The number of anilines is 1. The van der Waals surface area contributed by atoms with Gasteiger partial charge in [0, 0.05) is 9.26 Å². The summed E-state index contributed by atoms with van der Waals surface area (Å²) in [5, 5.41) is 12.2. The molecule has 0 unspecified atom stereocenters. The zero-order chi connectivity index (χ0) is 20.6. The minimum atomic E-state index is -0.445. The minimum Gasteiger partial charge on any atom is -0.489 e. The number of hydrogen-bond donors (Lipinski definition) is 1. The second kappa shape index (κ2) is 9.89. The molecular weight excluding hydrogens is 475 g/mol. The second-order valence-electron chi connectivity index (χ2n) is 6.48. The predicted octanol–water partition coefficient (Wildman–Crippen LogP) is 5.72. The first-order chi connectivity index (χ1) is 14.0. The van der Waals surface area contributed by atoms with E-state index in [4.69, 9.17) is 4.74 Å². The van der Waals surface area contributed by atoms with Crippen molar-refractivity contribution in [3.05, 3.63) is 98.6 Å². The standard InChI is InChI=1S/C24H19IN2O2/c1-17-5-7-18(8-6-17)16-29-23-4-2-3-19(14-23)13-20(15-26)24(28)27-22-11-9-21(25)10-12-22/h2-14H,16H2,1H3,(H,27,28)/b20-13+. The number of nitrogens with zero attached hydrogens (tertiary/aromatic N) is 1. The van der Waals surface area contributed by atoms with Gasteiger partial charge in [-0.05, 0) is 83.1 Å². The van der Waals surface area contributed by atoms with Crippen molar-refractivity contribution in [2.24, 2.45) is 0 Å². The maximum atomic E-state index is 12.4. The third-order valence-corrected chi connectivity index (χ3v) is 4.88. The molecule has 1 N–H and O–H groups in total. The SMILES string of the molecule is Cc1ccc(COc2cccc(/C=C(\C#N)C(=O)Nc3ccc(I)cc3)c2)cc1. The van der Waals surface area contributed by atoms with Crippen LogP contribution in [0, 0.1) is 21.8 Å². The average Bonchev–Trinajstić information content (AvgIpc) is 2.73. The highest BCUT2D eigenvalue weighted by molar-refractivity contribution is 14.1. The summed E-state index contributed by atoms with van der Waals surface area (Å²) in [6.45, 7) is 2.49. The van der Waals surface area contributed by atoms with Gasteiger partial charge in [-0.15, -0.1) is 0 Å². The van der Waals surface area contributed by atoms with Crippen LogP contribution in [0.15, 0.2) is 78.4 Å². The Labute approximate surface area is 184 Å². The lowest BCUT2D eigenvalue weighted by Gasteiger charge is -2.08. The molecule has 0 aromatic heterocycles. The molecule has 0 spiro atoms. The molecule has 0 saturated carbocycles. The third-order valence-electron chi connectivity index (χ3n) is 4.16. The van der Waals surface area contributed by atoms with E-state index < -0.39 is 5.91 Å². The molecule has 0 atom stereocenters. The third kappa shape index (κ3) is 6.19. The Morgan fingerprint density at radius 1 is 1.10 bits per heavy atom. The Bertz CT molecular complexity index is 1070. The molecule has 29 heavy (non-hydrogen) atoms. The van der Waals surface area contributed by atoms with Crippen molar-refractivity contribution < 1.29 is 9.53 Å². The lowest BCUT2D eigenvalue weighted by atomic mass is 10.1. The quantitative estimate of drug-likeness (QED) is 0.271. The summed E-state index contributed by atoms with van der Waals surface area (Å²) >= 11 is 2.19. The first kappa shape index (κ1) is 20.6. The molecule has 0 aliphatic carbocycles. The number of benzene rings is 3. The summed E-state index contributed by atoms with van der Waals surface area (Å²) in [6, 6.07) is 24.8. The van der Waals surface area contributed by atoms with E-state index in [0.29, 0.717) is 18.0 Å². The molecule has 5 heteroatoms. The van der Waals surface area contributed by atoms with Crippen LogP contribution in [0.2, 0.25) is 0 Å². The number of amides is 1. The Balaban J connectivity index is 1.69. The van der Waals surface area contributed by atoms with Crippen LogP contribution in [0.1, 0.15) is 16.7 Å². The normalized spacial score (nSPS) is 10.9. The summed E-state index contributed by atoms with van der Waals surface area (Å²) in [4.78, 5) is 12.4. The van der Waals surface area contributed by atoms with Crippen LogP contribution in [0.25, 0.3) is 6.08 Å². The number of nitrogens with one attached hydrogen (secondary N) is 1. The van der Waals surface area contributed by atoms with Crippen molar-refractivity contribution in [2.45, 2.75) is 13.5 Å². The minimum absolute atomic E-state index is 0.0271. The molecule has 3 aromatic rings. The number of rotatable bonds is 6. The van der Waals surface area contributed by atoms with Crippen molar-refractivity contribution in [1.29, 1.82) is 5.26 Å². The average molecular weight is 494 g/mol. The predicted molar refractivity (Wildman–Crippen MR) is 123 cm³/mol. The summed E-state index contributed by atoms with van der Waals surface area (Å²) in [5.74, 6) is 0.231. The summed E-state index contributed by atoms with van der Waals surface area (Å²) in [5.41, 5.74) is 3.67. The lowest BCUT2D eigenvalue weighted by molar-refractivity contribution is -0.112. The fourth-order valence-electron chi connectivity index (χ4n) is 2.59. The van der Waals surface area contributed by atoms with E-state index >= 15 is 0 Å². The largest absolute Gasteiger partial charge is 0.489 e. The maximum Gasteiger partial charge on any atom is 0.266 e. The van der Waals surface area contributed by atoms with Gasteiger partial charge in [0.2, 0.25) is 0 Å². The van der Waals surface area contributed by atoms with E-state index in [9.17, 15) is 10.1 Å². The van der Waals surface area contributed by atoms with E-state index in [1.807, 2.05) is 73.7 Å². The van der Waals surface area contributed by atoms with Crippen LogP contribution in [0.4, 0.5) is 5.69 Å². The monoisotopic (exact) mass is 494 g/mol. The van der Waals surface area contributed by atoms with Crippen molar-refractivity contribution >= 4 is 40.3 Å². The van der Waals surface area contributed by atoms with Crippen LogP contribution in [-0.2, 0) is 11.4 Å². The highest BCUT2D eigenvalue weighted by Crippen LogP contribution is 2.19. The van der Waals surface area contributed by atoms with Crippen LogP contribution in [-0.4, -0.2) is 5.91 Å². The molecule has 0 aliphatic heterocycles. The zero-order valence-corrected chi connectivity index (χ0v) is 18.0. The number of carbonyl (C=O) groups is 1. The molecule has 4 nitrogen and oxygen atoms in total. The number of nitriles is 1. The summed E-state index contributed by atoms with van der Waals surface area (Å²) in [7, 11) is 0. The number of carbonyl (C=O) groups excluding carboxylic acids is 1. The Morgan fingerprint density at radius 2 is 1.83 bits per heavy atom. The van der Waals surface area contributed by atoms with Gasteiger partial charge in [0.1, 0.15) is 24.0 Å². The van der Waals surface area contributed by atoms with Crippen LogP contribution in [0.3, 0.4) is 0 Å². The number of halogens is 1. The Hall–Kier alpha value is -3.11. The molecule has 0 fully saturated rings. The van der Waals surface area contributed by atoms with E-state index in [-0.39, 0.29) is 5.57 Å². The highest BCUT2D eigenvalue weighted by atomic mass is 127. The van der Waals surface area contributed by atoms with E-state index in [1.165, 1.54) is 5.56 Å². The van der Waals surface area contributed by atoms with Gasteiger partial charge in [-0.25, -0.2) is 0 Å². The van der Waals surface area contributed by atoms with E-state index in [2.05, 4.69) is 27.9 Å². The highest BCUT2D eigenvalue weighted by Gasteiger charge is 2.10. The van der Waals surface area contributed by atoms with Gasteiger partial charge < -0.3 is 10.1 Å². The molecule has 0 bridgehead atoms. The van der Waals surface area contributed by atoms with Gasteiger partial charge in [-0.1, -0.05) is 42.0 Å². The van der Waals surface area contributed by atoms with Gasteiger partial charge in [0.25, 0.3) is 5.91 Å². The Morgan fingerprint density at radius 3 is 2.52 bits per heavy atom. The van der Waals surface area contributed by atoms with E-state index in [0.717, 1.165) is 14.7 Å². The van der Waals surface area contributed by atoms with E-state index in [1.54, 1.807) is 18.2 Å². The zero-order valence-electron chi connectivity index (χ0n) is 15.9. The van der Waals surface area contributed by atoms with Gasteiger partial charge in [-0.2, -0.15) is 5.26 Å². The second-order valence-corrected chi connectivity index (χ2v) is 7.72.